The second-order valence-electron chi connectivity index (χ2n) is 1.04. The third kappa shape index (κ3) is 11.8. The van der Waals surface area contributed by atoms with E-state index in [0.29, 0.717) is 13.7 Å². The summed E-state index contributed by atoms with van der Waals surface area (Å²) >= 11 is 11.9. The molecule has 0 aliphatic rings. The summed E-state index contributed by atoms with van der Waals surface area (Å²) in [4.78, 5) is 0. The van der Waals surface area contributed by atoms with E-state index < -0.39 is 0 Å². The Kier molecular flexibility index (Phi) is 11.2. The molecule has 7 heteroatoms. The Morgan fingerprint density at radius 1 is 1.10 bits per heavy atom. The van der Waals surface area contributed by atoms with Gasteiger partial charge in [0.2, 0.25) is 0 Å². The van der Waals surface area contributed by atoms with Gasteiger partial charge in [-0.25, -0.2) is 0 Å². The van der Waals surface area contributed by atoms with Crippen LogP contribution in [0, 0.1) is 0 Å². The Labute approximate surface area is 92.0 Å². The molecule has 2 nitrogen and oxygen atoms in total. The Hall–Kier alpha value is 1.10. The fourth-order valence-corrected chi connectivity index (χ4v) is 2.18. The minimum Gasteiger partial charge on any atom is -0.385 e. The molecule has 0 rings (SSSR count). The van der Waals surface area contributed by atoms with Gasteiger partial charge < -0.3 is 11.5 Å². The van der Waals surface area contributed by atoms with E-state index in [0.717, 1.165) is 0 Å². The third-order valence-corrected chi connectivity index (χ3v) is 2.62. The van der Waals surface area contributed by atoms with Gasteiger partial charge in [-0.15, -0.1) is 0 Å². The molecular formula is C3H6N2S4Zn. The van der Waals surface area contributed by atoms with Crippen LogP contribution in [-0.4, -0.2) is 13.7 Å². The third-order valence-electron chi connectivity index (χ3n) is 0.402. The van der Waals surface area contributed by atoms with Gasteiger partial charge in [-0.2, -0.15) is 0 Å². The first-order valence-electron chi connectivity index (χ1n) is 1.97. The largest absolute Gasteiger partial charge is 0.385 e. The molecule has 0 heterocycles. The van der Waals surface area contributed by atoms with E-state index in [4.69, 9.17) is 11.5 Å². The molecule has 0 fully saturated rings. The summed E-state index contributed by atoms with van der Waals surface area (Å²) in [6.07, 6.45) is 0. The number of rotatable bonds is 2. The zero-order chi connectivity index (χ0) is 7.28. The Morgan fingerprint density at radius 2 is 1.40 bits per heavy atom. The standard InChI is InChI=1S/C3H6N2S4.Zn/c4-2(6)8-1-9-3(5)7;/h1H2,(H2,4,6)(H2,5,7);. The first-order chi connectivity index (χ1) is 4.13. The SMILES string of the molecule is NC(=S)SCSC(N)=S.[Zn]. The van der Waals surface area contributed by atoms with E-state index in [-0.39, 0.29) is 19.5 Å². The average molecular weight is 264 g/mol. The summed E-state index contributed by atoms with van der Waals surface area (Å²) in [5.41, 5.74) is 10.4. The Balaban J connectivity index is 0. The van der Waals surface area contributed by atoms with Crippen molar-refractivity contribution in [2.75, 3.05) is 5.08 Å². The van der Waals surface area contributed by atoms with Gasteiger partial charge in [-0.1, -0.05) is 48.0 Å². The summed E-state index contributed by atoms with van der Waals surface area (Å²) in [5, 5.41) is 0.713. The van der Waals surface area contributed by atoms with Gasteiger partial charge >= 0.3 is 0 Å². The van der Waals surface area contributed by atoms with Crippen molar-refractivity contribution in [2.45, 2.75) is 0 Å². The molecule has 0 unspecified atom stereocenters. The fraction of sp³-hybridized carbons (Fsp3) is 0.333. The van der Waals surface area contributed by atoms with E-state index >= 15 is 0 Å². The topological polar surface area (TPSA) is 52.0 Å². The summed E-state index contributed by atoms with van der Waals surface area (Å²) < 4.78 is 0.859. The maximum atomic E-state index is 5.18. The maximum absolute atomic E-state index is 5.18. The fourth-order valence-electron chi connectivity index (χ4n) is 0.146. The first kappa shape index (κ1) is 13.7. The molecule has 0 aromatic rings. The Bertz CT molecular complexity index is 114. The van der Waals surface area contributed by atoms with Gasteiger partial charge in [0.15, 0.2) is 0 Å². The van der Waals surface area contributed by atoms with Crippen molar-refractivity contribution in [3.8, 4) is 0 Å². The number of nitrogens with two attached hydrogens (primary N) is 2. The van der Waals surface area contributed by atoms with Crippen molar-refractivity contribution in [3.05, 3.63) is 0 Å². The van der Waals surface area contributed by atoms with E-state index in [1.165, 1.54) is 23.5 Å². The van der Waals surface area contributed by atoms with Crippen molar-refractivity contribution in [3.63, 3.8) is 0 Å². The van der Waals surface area contributed by atoms with E-state index in [1.54, 1.807) is 0 Å². The van der Waals surface area contributed by atoms with Crippen molar-refractivity contribution in [2.24, 2.45) is 11.5 Å². The monoisotopic (exact) mass is 262 g/mol. The number of thioether (sulfide) groups is 2. The number of hydrogen-bond donors (Lipinski definition) is 2. The second kappa shape index (κ2) is 8.20. The first-order valence-corrected chi connectivity index (χ1v) is 4.76. The molecule has 0 aromatic carbocycles. The molecule has 0 saturated heterocycles. The van der Waals surface area contributed by atoms with Gasteiger partial charge in [-0.3, -0.25) is 0 Å². The molecule has 0 bridgehead atoms. The van der Waals surface area contributed by atoms with E-state index in [1.807, 2.05) is 0 Å². The van der Waals surface area contributed by atoms with Crippen LogP contribution in [0.15, 0.2) is 0 Å². The van der Waals surface area contributed by atoms with Crippen molar-refractivity contribution >= 4 is 56.6 Å². The zero-order valence-electron chi connectivity index (χ0n) is 5.20. The van der Waals surface area contributed by atoms with Crippen molar-refractivity contribution < 1.29 is 19.5 Å². The predicted octanol–water partition coefficient (Wildman–Crippen LogP) is 0.895. The van der Waals surface area contributed by atoms with E-state index in [2.05, 4.69) is 24.4 Å². The van der Waals surface area contributed by atoms with Crippen LogP contribution in [0.4, 0.5) is 0 Å². The summed E-state index contributed by atoms with van der Waals surface area (Å²) in [6, 6.07) is 0. The molecule has 4 N–H and O–H groups in total. The van der Waals surface area contributed by atoms with Gasteiger partial charge in [0.1, 0.15) is 8.64 Å². The van der Waals surface area contributed by atoms with Gasteiger partial charge in [0.25, 0.3) is 0 Å². The second-order valence-corrected chi connectivity index (χ2v) is 4.84. The normalized spacial score (nSPS) is 8.00. The van der Waals surface area contributed by atoms with E-state index in [9.17, 15) is 0 Å². The van der Waals surface area contributed by atoms with Crippen LogP contribution in [0.25, 0.3) is 0 Å². The Morgan fingerprint density at radius 3 is 1.60 bits per heavy atom. The molecule has 0 spiro atoms. The van der Waals surface area contributed by atoms with Crippen molar-refractivity contribution in [1.29, 1.82) is 0 Å². The quantitative estimate of drug-likeness (QED) is 0.439. The summed E-state index contributed by atoms with van der Waals surface area (Å²) in [5.74, 6) is 0. The van der Waals surface area contributed by atoms with Gasteiger partial charge in [0.05, 0.1) is 5.08 Å². The minimum absolute atomic E-state index is 0. The molecular weight excluding hydrogens is 258 g/mol. The van der Waals surface area contributed by atoms with Crippen LogP contribution >= 0.6 is 48.0 Å². The van der Waals surface area contributed by atoms with Crippen LogP contribution in [0.5, 0.6) is 0 Å². The molecule has 0 amide bonds. The maximum Gasteiger partial charge on any atom is 0.131 e. The zero-order valence-corrected chi connectivity index (χ0v) is 11.4. The van der Waals surface area contributed by atoms with Crippen LogP contribution < -0.4 is 11.5 Å². The predicted molar refractivity (Wildman–Crippen MR) is 53.6 cm³/mol. The minimum atomic E-state index is 0. The van der Waals surface area contributed by atoms with Crippen LogP contribution in [0.1, 0.15) is 0 Å². The molecule has 0 aliphatic heterocycles. The number of thiocarbonyl (C=S) groups is 2. The molecule has 0 aromatic heterocycles. The molecule has 54 valence electrons. The van der Waals surface area contributed by atoms with Gasteiger partial charge in [-0.05, 0) is 0 Å². The molecule has 0 atom stereocenters. The molecule has 0 aliphatic carbocycles. The van der Waals surface area contributed by atoms with Crippen molar-refractivity contribution in [1.82, 2.24) is 0 Å². The van der Waals surface area contributed by atoms with Crippen LogP contribution in [0.3, 0.4) is 0 Å². The van der Waals surface area contributed by atoms with Crippen LogP contribution in [0.2, 0.25) is 0 Å². The average Bonchev–Trinajstić information content (AvgIpc) is 1.63. The smallest absolute Gasteiger partial charge is 0.131 e. The number of hydrogen-bond acceptors (Lipinski definition) is 4. The molecule has 0 radical (unpaired) electrons. The van der Waals surface area contributed by atoms with Crippen LogP contribution in [-0.2, 0) is 19.5 Å². The molecule has 10 heavy (non-hydrogen) atoms. The summed E-state index contributed by atoms with van der Waals surface area (Å²) in [7, 11) is 0. The summed E-state index contributed by atoms with van der Waals surface area (Å²) in [6.45, 7) is 0. The van der Waals surface area contributed by atoms with Gasteiger partial charge in [0, 0.05) is 19.5 Å². The molecule has 0 saturated carbocycles.